The van der Waals surface area contributed by atoms with Crippen molar-refractivity contribution in [3.63, 3.8) is 0 Å². The van der Waals surface area contributed by atoms with Crippen molar-refractivity contribution in [2.75, 3.05) is 18.4 Å². The molecule has 2 aromatic carbocycles. The highest BCUT2D eigenvalue weighted by Gasteiger charge is 2.36. The maximum absolute atomic E-state index is 12.7. The Morgan fingerprint density at radius 2 is 1.74 bits per heavy atom. The summed E-state index contributed by atoms with van der Waals surface area (Å²) in [5.41, 5.74) is 5.58. The molecule has 5 rings (SSSR count). The number of carbonyl (C=O) groups excluding carboxylic acids is 1. The average molecular weight is 414 g/mol. The topological polar surface area (TPSA) is 54.3 Å². The molecule has 0 unspecified atom stereocenters. The van der Waals surface area contributed by atoms with Crippen LogP contribution in [-0.2, 0) is 17.9 Å². The van der Waals surface area contributed by atoms with Crippen molar-refractivity contribution in [3.8, 4) is 11.1 Å². The molecule has 31 heavy (non-hydrogen) atoms. The second-order valence-corrected chi connectivity index (χ2v) is 8.82. The van der Waals surface area contributed by atoms with E-state index in [0.29, 0.717) is 11.8 Å². The lowest BCUT2D eigenvalue weighted by Gasteiger charge is -2.43. The fourth-order valence-electron chi connectivity index (χ4n) is 5.27. The molecule has 3 aromatic rings. The van der Waals surface area contributed by atoms with Gasteiger partial charge in [0, 0.05) is 62.0 Å². The highest BCUT2D eigenvalue weighted by molar-refractivity contribution is 5.89. The van der Waals surface area contributed by atoms with Crippen molar-refractivity contribution in [2.24, 2.45) is 5.92 Å². The first-order valence-electron chi connectivity index (χ1n) is 10.9. The predicted octanol–water partition coefficient (Wildman–Crippen LogP) is 4.09. The number of hydrogen-bond donors (Lipinski definition) is 1. The van der Waals surface area contributed by atoms with Crippen LogP contribution >= 0.6 is 0 Å². The third-order valence-electron chi connectivity index (χ3n) is 6.43. The highest BCUT2D eigenvalue weighted by atomic mass is 16.1. The number of benzene rings is 2. The summed E-state index contributed by atoms with van der Waals surface area (Å²) in [5.74, 6) is 0.767. The van der Waals surface area contributed by atoms with Crippen molar-refractivity contribution in [3.05, 3.63) is 88.3 Å². The van der Waals surface area contributed by atoms with Crippen LogP contribution in [0.4, 0.5) is 5.69 Å². The number of piperidine rings is 1. The van der Waals surface area contributed by atoms with Crippen molar-refractivity contribution < 1.29 is 4.79 Å². The van der Waals surface area contributed by atoms with Crippen LogP contribution in [0.3, 0.4) is 0 Å². The summed E-state index contributed by atoms with van der Waals surface area (Å²) >= 11 is 0. The second-order valence-electron chi connectivity index (χ2n) is 8.82. The van der Waals surface area contributed by atoms with Gasteiger partial charge in [0.05, 0.1) is 0 Å². The first kappa shape index (κ1) is 19.8. The first-order chi connectivity index (χ1) is 15.1. The molecule has 1 aromatic heterocycles. The molecule has 3 heterocycles. The number of aromatic nitrogens is 1. The second kappa shape index (κ2) is 8.16. The Labute approximate surface area is 182 Å². The van der Waals surface area contributed by atoms with Crippen LogP contribution in [0.2, 0.25) is 0 Å². The molecular weight excluding hydrogens is 386 g/mol. The van der Waals surface area contributed by atoms with E-state index in [1.165, 1.54) is 12.5 Å². The number of likely N-dealkylation sites (tertiary alicyclic amines) is 1. The summed E-state index contributed by atoms with van der Waals surface area (Å²) in [6.07, 6.45) is 1.13. The van der Waals surface area contributed by atoms with Crippen LogP contribution in [0.5, 0.6) is 0 Å². The van der Waals surface area contributed by atoms with Gasteiger partial charge in [-0.15, -0.1) is 0 Å². The molecule has 2 bridgehead atoms. The summed E-state index contributed by atoms with van der Waals surface area (Å²) in [5, 5.41) is 2.82. The maximum Gasteiger partial charge on any atom is 0.250 e. The average Bonchev–Trinajstić information content (AvgIpc) is 2.75. The van der Waals surface area contributed by atoms with Crippen LogP contribution < -0.4 is 10.9 Å². The molecule has 0 saturated carbocycles. The van der Waals surface area contributed by atoms with E-state index in [0.717, 1.165) is 55.1 Å². The van der Waals surface area contributed by atoms with E-state index < -0.39 is 0 Å². The molecule has 2 aliphatic rings. The van der Waals surface area contributed by atoms with Gasteiger partial charge in [-0.25, -0.2) is 0 Å². The van der Waals surface area contributed by atoms with Crippen LogP contribution in [-0.4, -0.2) is 28.5 Å². The molecule has 5 heteroatoms. The number of nitrogens with zero attached hydrogens (tertiary/aromatic N) is 2. The third-order valence-corrected chi connectivity index (χ3v) is 6.43. The summed E-state index contributed by atoms with van der Waals surface area (Å²) < 4.78 is 2.01. The lowest BCUT2D eigenvalue weighted by molar-refractivity contribution is -0.114. The van der Waals surface area contributed by atoms with Crippen LogP contribution in [0.25, 0.3) is 11.1 Å². The molecule has 1 N–H and O–H groups in total. The number of fused-ring (bicyclic) bond motifs is 4. The molecular formula is C26H27N3O2. The molecule has 1 saturated heterocycles. The van der Waals surface area contributed by atoms with Gasteiger partial charge in [0.2, 0.25) is 5.91 Å². The SMILES string of the molecule is CC(=O)Nc1ccc(-c2ccc(=O)n3c2[C@@H]2C[C@@H](CN(Cc4ccccc4)C2)C3)cc1. The summed E-state index contributed by atoms with van der Waals surface area (Å²) in [7, 11) is 0. The van der Waals surface area contributed by atoms with Gasteiger partial charge in [-0.1, -0.05) is 42.5 Å². The van der Waals surface area contributed by atoms with Gasteiger partial charge in [-0.05, 0) is 41.7 Å². The molecule has 1 amide bonds. The minimum Gasteiger partial charge on any atom is -0.326 e. The summed E-state index contributed by atoms with van der Waals surface area (Å²) in [4.78, 5) is 26.6. The van der Waals surface area contributed by atoms with Crippen molar-refractivity contribution in [1.29, 1.82) is 0 Å². The standard InChI is InChI=1S/C26H27N3O2/c1-18(30)27-23-9-7-21(8-10-23)24-11-12-25(31)29-16-20-13-22(26(24)29)17-28(15-20)14-19-5-3-2-4-6-19/h2-12,20,22H,13-17H2,1H3,(H,27,30)/t20-,22+/m0/s1. The van der Waals surface area contributed by atoms with E-state index in [2.05, 4.69) is 40.5 Å². The van der Waals surface area contributed by atoms with E-state index >= 15 is 0 Å². The Kier molecular flexibility index (Phi) is 5.20. The molecule has 2 aliphatic heterocycles. The van der Waals surface area contributed by atoms with Gasteiger partial charge in [0.25, 0.3) is 5.56 Å². The first-order valence-corrected chi connectivity index (χ1v) is 10.9. The molecule has 5 nitrogen and oxygen atoms in total. The minimum absolute atomic E-state index is 0.0804. The summed E-state index contributed by atoms with van der Waals surface area (Å²) in [6, 6.07) is 22.2. The quantitative estimate of drug-likeness (QED) is 0.701. The van der Waals surface area contributed by atoms with Gasteiger partial charge in [-0.3, -0.25) is 14.5 Å². The zero-order valence-corrected chi connectivity index (χ0v) is 17.8. The monoisotopic (exact) mass is 413 g/mol. The van der Waals surface area contributed by atoms with E-state index in [4.69, 9.17) is 0 Å². The molecule has 158 valence electrons. The van der Waals surface area contributed by atoms with Crippen LogP contribution in [0.15, 0.2) is 71.5 Å². The Morgan fingerprint density at radius 3 is 2.48 bits per heavy atom. The summed E-state index contributed by atoms with van der Waals surface area (Å²) in [6.45, 7) is 5.24. The van der Waals surface area contributed by atoms with Gasteiger partial charge < -0.3 is 9.88 Å². The number of pyridine rings is 1. The van der Waals surface area contributed by atoms with Gasteiger partial charge in [0.15, 0.2) is 0 Å². The normalized spacial score (nSPS) is 20.2. The third kappa shape index (κ3) is 4.06. The van der Waals surface area contributed by atoms with E-state index in [1.807, 2.05) is 34.9 Å². The van der Waals surface area contributed by atoms with Crippen molar-refractivity contribution in [1.82, 2.24) is 9.47 Å². The number of nitrogens with one attached hydrogen (secondary N) is 1. The molecule has 1 fully saturated rings. The zero-order chi connectivity index (χ0) is 21.4. The van der Waals surface area contributed by atoms with E-state index in [9.17, 15) is 9.59 Å². The van der Waals surface area contributed by atoms with Crippen LogP contribution in [0, 0.1) is 5.92 Å². The highest BCUT2D eigenvalue weighted by Crippen LogP contribution is 2.40. The number of rotatable bonds is 4. The Hall–Kier alpha value is -3.18. The van der Waals surface area contributed by atoms with Crippen molar-refractivity contribution in [2.45, 2.75) is 32.4 Å². The van der Waals surface area contributed by atoms with Crippen molar-refractivity contribution >= 4 is 11.6 Å². The molecule has 0 aliphatic carbocycles. The fraction of sp³-hybridized carbons (Fsp3) is 0.308. The number of hydrogen-bond acceptors (Lipinski definition) is 3. The van der Waals surface area contributed by atoms with E-state index in [-0.39, 0.29) is 11.5 Å². The lowest BCUT2D eigenvalue weighted by atomic mass is 9.80. The number of carbonyl (C=O) groups is 1. The Morgan fingerprint density at radius 1 is 0.968 bits per heavy atom. The zero-order valence-electron chi connectivity index (χ0n) is 17.8. The maximum atomic E-state index is 12.7. The molecule has 0 radical (unpaired) electrons. The Balaban J connectivity index is 1.47. The smallest absolute Gasteiger partial charge is 0.250 e. The predicted molar refractivity (Wildman–Crippen MR) is 123 cm³/mol. The molecule has 2 atom stereocenters. The van der Waals surface area contributed by atoms with E-state index in [1.54, 1.807) is 6.07 Å². The fourth-order valence-corrected chi connectivity index (χ4v) is 5.27. The minimum atomic E-state index is -0.0804. The largest absolute Gasteiger partial charge is 0.326 e. The molecule has 0 spiro atoms. The van der Waals surface area contributed by atoms with Gasteiger partial charge in [0.1, 0.15) is 0 Å². The van der Waals surface area contributed by atoms with Gasteiger partial charge in [-0.2, -0.15) is 0 Å². The lowest BCUT2D eigenvalue weighted by Crippen LogP contribution is -2.47. The van der Waals surface area contributed by atoms with Crippen LogP contribution in [0.1, 0.15) is 30.5 Å². The van der Waals surface area contributed by atoms with Gasteiger partial charge >= 0.3 is 0 Å². The Bertz CT molecular complexity index is 1150. The number of anilines is 1. The number of amides is 1.